The van der Waals surface area contributed by atoms with Crippen molar-refractivity contribution in [2.45, 2.75) is 13.3 Å². The normalized spacial score (nSPS) is 9.00. The van der Waals surface area contributed by atoms with E-state index in [1.54, 1.807) is 13.0 Å². The van der Waals surface area contributed by atoms with Crippen molar-refractivity contribution in [3.05, 3.63) is 29.1 Å². The fourth-order valence-corrected chi connectivity index (χ4v) is 0.984. The van der Waals surface area contributed by atoms with Gasteiger partial charge in [0.15, 0.2) is 0 Å². The van der Waals surface area contributed by atoms with Crippen molar-refractivity contribution in [2.24, 2.45) is 0 Å². The lowest BCUT2D eigenvalue weighted by Gasteiger charge is -2.02. The molecule has 1 aromatic carbocycles. The number of carbonyl (C=O) groups excluding carboxylic acids is 1. The van der Waals surface area contributed by atoms with E-state index in [-0.39, 0.29) is 12.0 Å². The van der Waals surface area contributed by atoms with E-state index in [1.165, 1.54) is 6.07 Å². The predicted molar refractivity (Wildman–Crippen MR) is 53.1 cm³/mol. The average Bonchev–Trinajstić information content (AvgIpc) is 2.18. The Kier molecular flexibility index (Phi) is 3.24. The van der Waals surface area contributed by atoms with Crippen molar-refractivity contribution >= 4 is 12.0 Å². The Morgan fingerprint density at radius 3 is 2.93 bits per heavy atom. The van der Waals surface area contributed by atoms with E-state index in [9.17, 15) is 9.18 Å². The predicted octanol–water partition coefficient (Wildman–Crippen LogP) is 1.66. The summed E-state index contributed by atoms with van der Waals surface area (Å²) in [4.78, 5) is 9.98. The molecule has 0 saturated carbocycles. The van der Waals surface area contributed by atoms with Gasteiger partial charge in [-0.1, -0.05) is 11.8 Å². The maximum absolute atomic E-state index is 13.4. The highest BCUT2D eigenvalue weighted by Gasteiger charge is 2.05. The minimum absolute atomic E-state index is 0.114. The number of carbonyl (C=O) groups is 1. The van der Waals surface area contributed by atoms with Gasteiger partial charge in [0.25, 0.3) is 0 Å². The molecular weight excluding hydrogens is 181 g/mol. The van der Waals surface area contributed by atoms with E-state index in [0.717, 1.165) is 0 Å². The molecule has 0 unspecified atom stereocenters. The van der Waals surface area contributed by atoms with Crippen LogP contribution in [0.15, 0.2) is 12.1 Å². The van der Waals surface area contributed by atoms with Crippen LogP contribution in [-0.4, -0.2) is 6.29 Å². The first kappa shape index (κ1) is 10.3. The van der Waals surface area contributed by atoms with Gasteiger partial charge in [-0.15, -0.1) is 0 Å². The minimum Gasteiger partial charge on any atom is -0.398 e. The number of nitrogens with two attached hydrogens (primary N) is 1. The molecule has 72 valence electrons. The van der Waals surface area contributed by atoms with Crippen LogP contribution >= 0.6 is 0 Å². The smallest absolute Gasteiger partial charge is 0.143 e. The van der Waals surface area contributed by atoms with E-state index in [0.29, 0.717) is 17.5 Å². The van der Waals surface area contributed by atoms with E-state index < -0.39 is 5.82 Å². The number of benzene rings is 1. The second kappa shape index (κ2) is 4.43. The zero-order valence-electron chi connectivity index (χ0n) is 7.80. The van der Waals surface area contributed by atoms with E-state index >= 15 is 0 Å². The lowest BCUT2D eigenvalue weighted by atomic mass is 10.1. The SMILES string of the molecule is Cc1c(N)ccc(C#CCC=O)c1F. The Labute approximate surface area is 81.9 Å². The molecule has 2 N–H and O–H groups in total. The number of aldehydes is 1. The zero-order chi connectivity index (χ0) is 10.6. The third-order valence-electron chi connectivity index (χ3n) is 1.84. The Bertz CT molecular complexity index is 415. The number of hydrogen-bond acceptors (Lipinski definition) is 2. The molecule has 0 atom stereocenters. The summed E-state index contributed by atoms with van der Waals surface area (Å²) in [6, 6.07) is 3.11. The Morgan fingerprint density at radius 1 is 1.57 bits per heavy atom. The minimum atomic E-state index is -0.414. The van der Waals surface area contributed by atoms with Crippen molar-refractivity contribution in [2.75, 3.05) is 5.73 Å². The van der Waals surface area contributed by atoms with Crippen LogP contribution in [0.25, 0.3) is 0 Å². The van der Waals surface area contributed by atoms with Gasteiger partial charge in [0.05, 0.1) is 12.0 Å². The number of anilines is 1. The van der Waals surface area contributed by atoms with E-state index in [4.69, 9.17) is 5.73 Å². The van der Waals surface area contributed by atoms with Gasteiger partial charge in [0, 0.05) is 11.3 Å². The molecule has 0 fully saturated rings. The quantitative estimate of drug-likeness (QED) is 0.416. The van der Waals surface area contributed by atoms with Crippen LogP contribution in [0.1, 0.15) is 17.5 Å². The van der Waals surface area contributed by atoms with E-state index in [2.05, 4.69) is 11.8 Å². The van der Waals surface area contributed by atoms with Crippen LogP contribution in [-0.2, 0) is 4.79 Å². The number of halogens is 1. The molecule has 0 aliphatic carbocycles. The number of rotatable bonds is 1. The van der Waals surface area contributed by atoms with Crippen LogP contribution in [0.5, 0.6) is 0 Å². The molecule has 1 aromatic rings. The molecule has 14 heavy (non-hydrogen) atoms. The summed E-state index contributed by atoms with van der Waals surface area (Å²) in [6.45, 7) is 1.59. The lowest BCUT2D eigenvalue weighted by molar-refractivity contribution is -0.107. The second-order valence-electron chi connectivity index (χ2n) is 2.81. The molecule has 0 aliphatic rings. The summed E-state index contributed by atoms with van der Waals surface area (Å²) in [5.41, 5.74) is 6.57. The third kappa shape index (κ3) is 2.11. The molecule has 0 saturated heterocycles. The van der Waals surface area contributed by atoms with Crippen LogP contribution < -0.4 is 5.73 Å². The van der Waals surface area contributed by atoms with Crippen molar-refractivity contribution in [3.8, 4) is 11.8 Å². The van der Waals surface area contributed by atoms with Gasteiger partial charge in [-0.05, 0) is 19.1 Å². The lowest BCUT2D eigenvalue weighted by Crippen LogP contribution is -1.95. The zero-order valence-corrected chi connectivity index (χ0v) is 7.80. The molecule has 0 spiro atoms. The molecule has 0 aliphatic heterocycles. The first-order valence-corrected chi connectivity index (χ1v) is 4.14. The first-order chi connectivity index (χ1) is 6.66. The molecule has 0 amide bonds. The van der Waals surface area contributed by atoms with Crippen LogP contribution in [0, 0.1) is 24.6 Å². The van der Waals surface area contributed by atoms with Crippen LogP contribution in [0.4, 0.5) is 10.1 Å². The highest BCUT2D eigenvalue weighted by Crippen LogP contribution is 2.17. The number of nitrogen functional groups attached to an aromatic ring is 1. The van der Waals surface area contributed by atoms with Gasteiger partial charge in [0.1, 0.15) is 12.1 Å². The van der Waals surface area contributed by atoms with Crippen molar-refractivity contribution < 1.29 is 9.18 Å². The fourth-order valence-electron chi connectivity index (χ4n) is 0.984. The molecule has 3 heteroatoms. The number of hydrogen-bond donors (Lipinski definition) is 1. The maximum Gasteiger partial charge on any atom is 0.143 e. The summed E-state index contributed by atoms with van der Waals surface area (Å²) >= 11 is 0. The highest BCUT2D eigenvalue weighted by atomic mass is 19.1. The summed E-state index contributed by atoms with van der Waals surface area (Å²) in [5, 5.41) is 0. The van der Waals surface area contributed by atoms with Crippen molar-refractivity contribution in [1.82, 2.24) is 0 Å². The van der Waals surface area contributed by atoms with Crippen LogP contribution in [0.2, 0.25) is 0 Å². The second-order valence-corrected chi connectivity index (χ2v) is 2.81. The Hall–Kier alpha value is -1.82. The van der Waals surface area contributed by atoms with Crippen molar-refractivity contribution in [1.29, 1.82) is 0 Å². The largest absolute Gasteiger partial charge is 0.398 e. The van der Waals surface area contributed by atoms with Gasteiger partial charge in [-0.3, -0.25) is 0 Å². The summed E-state index contributed by atoms with van der Waals surface area (Å²) in [7, 11) is 0. The Morgan fingerprint density at radius 2 is 2.29 bits per heavy atom. The monoisotopic (exact) mass is 191 g/mol. The molecule has 0 radical (unpaired) electrons. The summed E-state index contributed by atoms with van der Waals surface area (Å²) in [5.74, 6) is 4.70. The van der Waals surface area contributed by atoms with Gasteiger partial charge in [-0.25, -0.2) is 4.39 Å². The first-order valence-electron chi connectivity index (χ1n) is 4.14. The topological polar surface area (TPSA) is 43.1 Å². The fraction of sp³-hybridized carbons (Fsp3) is 0.182. The standard InChI is InChI=1S/C11H10FNO/c1-8-10(13)6-5-9(11(8)12)4-2-3-7-14/h5-7H,3,13H2,1H3. The van der Waals surface area contributed by atoms with Gasteiger partial charge in [0.2, 0.25) is 0 Å². The summed E-state index contributed by atoms with van der Waals surface area (Å²) in [6.07, 6.45) is 0.790. The molecule has 0 heterocycles. The van der Waals surface area contributed by atoms with Gasteiger partial charge >= 0.3 is 0 Å². The third-order valence-corrected chi connectivity index (χ3v) is 1.84. The summed E-state index contributed by atoms with van der Waals surface area (Å²) < 4.78 is 13.4. The van der Waals surface area contributed by atoms with E-state index in [1.807, 2.05) is 0 Å². The maximum atomic E-state index is 13.4. The Balaban J connectivity index is 3.07. The van der Waals surface area contributed by atoms with Crippen LogP contribution in [0.3, 0.4) is 0 Å². The van der Waals surface area contributed by atoms with Crippen molar-refractivity contribution in [3.63, 3.8) is 0 Å². The highest BCUT2D eigenvalue weighted by molar-refractivity contribution is 5.56. The average molecular weight is 191 g/mol. The molecular formula is C11H10FNO. The molecule has 1 rings (SSSR count). The molecule has 0 bridgehead atoms. The van der Waals surface area contributed by atoms with Gasteiger partial charge < -0.3 is 10.5 Å². The molecule has 0 aromatic heterocycles. The molecule has 2 nitrogen and oxygen atoms in total. The van der Waals surface area contributed by atoms with Gasteiger partial charge in [-0.2, -0.15) is 0 Å².